The average Bonchev–Trinajstić information content (AvgIpc) is 2.85. The van der Waals surface area contributed by atoms with Crippen LogP contribution in [-0.2, 0) is 4.74 Å². The molecular weight excluding hydrogens is 234 g/mol. The largest absolute Gasteiger partial charge is 0.370 e. The fourth-order valence-corrected chi connectivity index (χ4v) is 2.24. The van der Waals surface area contributed by atoms with Gasteiger partial charge in [-0.05, 0) is 17.4 Å². The molecule has 0 amide bonds. The van der Waals surface area contributed by atoms with Crippen molar-refractivity contribution < 1.29 is 4.74 Å². The van der Waals surface area contributed by atoms with Crippen LogP contribution in [0, 0.1) is 0 Å². The number of nitrogens with zero attached hydrogens (tertiary/aromatic N) is 6. The first-order valence-electron chi connectivity index (χ1n) is 5.90. The zero-order chi connectivity index (χ0) is 12.5. The van der Waals surface area contributed by atoms with E-state index in [1.54, 1.807) is 16.9 Å². The van der Waals surface area contributed by atoms with Crippen molar-refractivity contribution in [3.63, 3.8) is 0 Å². The minimum absolute atomic E-state index is 0.0282. The number of nitrogens with two attached hydrogens (primary N) is 1. The van der Waals surface area contributed by atoms with Crippen molar-refractivity contribution in [1.82, 2.24) is 25.0 Å². The van der Waals surface area contributed by atoms with Crippen LogP contribution in [-0.4, -0.2) is 56.9 Å². The molecule has 0 bridgehead atoms. The van der Waals surface area contributed by atoms with E-state index < -0.39 is 0 Å². The molecular formula is C10H15N7O. The Morgan fingerprint density at radius 3 is 3.17 bits per heavy atom. The van der Waals surface area contributed by atoms with Gasteiger partial charge in [-0.15, -0.1) is 5.10 Å². The molecule has 1 fully saturated rings. The molecule has 1 aliphatic heterocycles. The minimum Gasteiger partial charge on any atom is -0.370 e. The highest BCUT2D eigenvalue weighted by atomic mass is 16.5. The number of hydrogen-bond donors (Lipinski definition) is 1. The maximum absolute atomic E-state index is 5.73. The Kier molecular flexibility index (Phi) is 2.80. The Morgan fingerprint density at radius 2 is 2.33 bits per heavy atom. The summed E-state index contributed by atoms with van der Waals surface area (Å²) >= 11 is 0. The van der Waals surface area contributed by atoms with E-state index in [4.69, 9.17) is 10.5 Å². The molecule has 2 atom stereocenters. The summed E-state index contributed by atoms with van der Waals surface area (Å²) in [7, 11) is 0. The van der Waals surface area contributed by atoms with Crippen molar-refractivity contribution in [3.8, 4) is 0 Å². The number of fused-ring (bicyclic) bond motifs is 1. The van der Waals surface area contributed by atoms with Gasteiger partial charge in [0.2, 0.25) is 0 Å². The molecule has 1 saturated heterocycles. The van der Waals surface area contributed by atoms with Gasteiger partial charge in [-0.25, -0.2) is 0 Å². The summed E-state index contributed by atoms with van der Waals surface area (Å²) in [6.07, 6.45) is 3.54. The second kappa shape index (κ2) is 4.46. The molecule has 2 aromatic rings. The maximum Gasteiger partial charge on any atom is 0.199 e. The standard InChI is InChI=1S/C10H15N7O/c1-7-5-16(6-8(2-11)18-7)10-4-12-3-9-13-14-15-17(9)10/h3-4,7-8H,2,5-6,11H2,1H3. The summed E-state index contributed by atoms with van der Waals surface area (Å²) in [6.45, 7) is 4.03. The fourth-order valence-electron chi connectivity index (χ4n) is 2.24. The van der Waals surface area contributed by atoms with E-state index in [2.05, 4.69) is 25.4 Å². The van der Waals surface area contributed by atoms with Crippen LogP contribution < -0.4 is 10.6 Å². The van der Waals surface area contributed by atoms with Crippen LogP contribution in [0.25, 0.3) is 5.65 Å². The molecule has 8 nitrogen and oxygen atoms in total. The van der Waals surface area contributed by atoms with Gasteiger partial charge in [-0.3, -0.25) is 4.98 Å². The van der Waals surface area contributed by atoms with E-state index >= 15 is 0 Å². The van der Waals surface area contributed by atoms with Gasteiger partial charge in [0, 0.05) is 19.6 Å². The smallest absolute Gasteiger partial charge is 0.199 e. The lowest BCUT2D eigenvalue weighted by Gasteiger charge is -2.37. The molecule has 0 aromatic carbocycles. The molecule has 0 aliphatic carbocycles. The van der Waals surface area contributed by atoms with Crippen LogP contribution in [0.5, 0.6) is 0 Å². The number of ether oxygens (including phenoxy) is 1. The van der Waals surface area contributed by atoms with Crippen LogP contribution >= 0.6 is 0 Å². The zero-order valence-corrected chi connectivity index (χ0v) is 10.1. The SMILES string of the molecule is CC1CN(c2cncc3nnnn23)CC(CN)O1. The molecule has 96 valence electrons. The molecule has 0 radical (unpaired) electrons. The lowest BCUT2D eigenvalue weighted by Crippen LogP contribution is -2.50. The topological polar surface area (TPSA) is 94.5 Å². The van der Waals surface area contributed by atoms with Crippen LogP contribution in [0.1, 0.15) is 6.92 Å². The molecule has 2 unspecified atom stereocenters. The average molecular weight is 249 g/mol. The van der Waals surface area contributed by atoms with Gasteiger partial charge in [-0.2, -0.15) is 4.52 Å². The zero-order valence-electron chi connectivity index (χ0n) is 10.1. The van der Waals surface area contributed by atoms with Crippen molar-refractivity contribution in [1.29, 1.82) is 0 Å². The summed E-state index contributed by atoms with van der Waals surface area (Å²) in [6, 6.07) is 0. The number of hydrogen-bond acceptors (Lipinski definition) is 7. The molecule has 2 N–H and O–H groups in total. The highest BCUT2D eigenvalue weighted by Crippen LogP contribution is 2.19. The Labute approximate surface area is 104 Å². The van der Waals surface area contributed by atoms with Gasteiger partial charge in [0.15, 0.2) is 11.5 Å². The third-order valence-corrected chi connectivity index (χ3v) is 3.00. The Bertz CT molecular complexity index is 542. The predicted molar refractivity (Wildman–Crippen MR) is 64.2 cm³/mol. The number of rotatable bonds is 2. The summed E-state index contributed by atoms with van der Waals surface area (Å²) in [4.78, 5) is 6.31. The van der Waals surface area contributed by atoms with Crippen LogP contribution in [0.3, 0.4) is 0 Å². The number of anilines is 1. The first kappa shape index (κ1) is 11.3. The minimum atomic E-state index is 0.0282. The molecule has 2 aromatic heterocycles. The third-order valence-electron chi connectivity index (χ3n) is 3.00. The fraction of sp³-hybridized carbons (Fsp3) is 0.600. The third kappa shape index (κ3) is 1.89. The van der Waals surface area contributed by atoms with E-state index in [-0.39, 0.29) is 12.2 Å². The number of morpholine rings is 1. The highest BCUT2D eigenvalue weighted by molar-refractivity contribution is 5.46. The van der Waals surface area contributed by atoms with Gasteiger partial charge in [0.25, 0.3) is 0 Å². The molecule has 8 heteroatoms. The molecule has 3 heterocycles. The van der Waals surface area contributed by atoms with Crippen LogP contribution in [0.4, 0.5) is 5.82 Å². The van der Waals surface area contributed by atoms with Crippen molar-refractivity contribution >= 4 is 11.5 Å². The normalized spacial score (nSPS) is 24.7. The van der Waals surface area contributed by atoms with E-state index in [1.165, 1.54) is 0 Å². The van der Waals surface area contributed by atoms with Gasteiger partial charge >= 0.3 is 0 Å². The molecule has 1 aliphatic rings. The van der Waals surface area contributed by atoms with E-state index in [1.807, 2.05) is 6.92 Å². The van der Waals surface area contributed by atoms with Crippen molar-refractivity contribution in [3.05, 3.63) is 12.4 Å². The van der Waals surface area contributed by atoms with Crippen molar-refractivity contribution in [2.75, 3.05) is 24.5 Å². The van der Waals surface area contributed by atoms with Crippen LogP contribution in [0.15, 0.2) is 12.4 Å². The van der Waals surface area contributed by atoms with Crippen molar-refractivity contribution in [2.24, 2.45) is 5.73 Å². The van der Waals surface area contributed by atoms with Gasteiger partial charge in [-0.1, -0.05) is 0 Å². The summed E-state index contributed by atoms with van der Waals surface area (Å²) < 4.78 is 7.41. The lowest BCUT2D eigenvalue weighted by atomic mass is 10.2. The van der Waals surface area contributed by atoms with Crippen LogP contribution in [0.2, 0.25) is 0 Å². The first-order chi connectivity index (χ1) is 8.78. The van der Waals surface area contributed by atoms with Crippen molar-refractivity contribution in [2.45, 2.75) is 19.1 Å². The van der Waals surface area contributed by atoms with E-state index in [0.717, 1.165) is 18.9 Å². The quantitative estimate of drug-likeness (QED) is 0.734. The summed E-state index contributed by atoms with van der Waals surface area (Å²) in [5, 5.41) is 11.5. The first-order valence-corrected chi connectivity index (χ1v) is 5.90. The summed E-state index contributed by atoms with van der Waals surface area (Å²) in [5.74, 6) is 0.867. The Hall–Kier alpha value is -1.80. The van der Waals surface area contributed by atoms with Gasteiger partial charge in [0.05, 0.1) is 24.6 Å². The maximum atomic E-state index is 5.73. The summed E-state index contributed by atoms with van der Waals surface area (Å²) in [5.41, 5.74) is 6.32. The highest BCUT2D eigenvalue weighted by Gasteiger charge is 2.26. The van der Waals surface area contributed by atoms with E-state index in [0.29, 0.717) is 12.2 Å². The second-order valence-corrected chi connectivity index (χ2v) is 4.42. The van der Waals surface area contributed by atoms with Gasteiger partial charge in [0.1, 0.15) is 0 Å². The predicted octanol–water partition coefficient (Wildman–Crippen LogP) is -0.928. The molecule has 0 spiro atoms. The lowest BCUT2D eigenvalue weighted by molar-refractivity contribution is -0.0108. The molecule has 0 saturated carbocycles. The number of tetrazole rings is 1. The molecule has 18 heavy (non-hydrogen) atoms. The molecule has 3 rings (SSSR count). The monoisotopic (exact) mass is 249 g/mol. The van der Waals surface area contributed by atoms with E-state index in [9.17, 15) is 0 Å². The Morgan fingerprint density at radius 1 is 1.44 bits per heavy atom. The Balaban J connectivity index is 1.96. The second-order valence-electron chi connectivity index (χ2n) is 4.42. The van der Waals surface area contributed by atoms with Gasteiger partial charge < -0.3 is 15.4 Å². The number of aromatic nitrogens is 5.